The summed E-state index contributed by atoms with van der Waals surface area (Å²) in [6.07, 6.45) is 0.895. The monoisotopic (exact) mass is 376 g/mol. The lowest BCUT2D eigenvalue weighted by molar-refractivity contribution is 0.354. The molecule has 0 saturated heterocycles. The van der Waals surface area contributed by atoms with E-state index in [4.69, 9.17) is 18.9 Å². The van der Waals surface area contributed by atoms with Crippen LogP contribution < -0.4 is 18.9 Å². The van der Waals surface area contributed by atoms with Gasteiger partial charge in [0.05, 0.1) is 28.4 Å². The van der Waals surface area contributed by atoms with Gasteiger partial charge in [0, 0.05) is 5.92 Å². The van der Waals surface area contributed by atoms with Crippen LogP contribution >= 0.6 is 0 Å². The van der Waals surface area contributed by atoms with Crippen LogP contribution in [-0.2, 0) is 6.42 Å². The minimum atomic E-state index is 0.201. The number of methoxy groups -OCH3 is 4. The number of ether oxygens (including phenoxy) is 4. The van der Waals surface area contributed by atoms with Crippen LogP contribution in [0.4, 0.5) is 0 Å². The van der Waals surface area contributed by atoms with Gasteiger partial charge in [-0.3, -0.25) is 0 Å². The molecule has 4 heteroatoms. The summed E-state index contributed by atoms with van der Waals surface area (Å²) in [5.41, 5.74) is 6.04. The maximum absolute atomic E-state index is 5.57. The predicted octanol–water partition coefficient (Wildman–Crippen LogP) is 5.08. The fourth-order valence-electron chi connectivity index (χ4n) is 4.07. The van der Waals surface area contributed by atoms with Crippen LogP contribution in [0.1, 0.15) is 22.6 Å². The van der Waals surface area contributed by atoms with E-state index in [2.05, 4.69) is 48.5 Å². The molecule has 144 valence electrons. The molecule has 4 rings (SSSR count). The minimum absolute atomic E-state index is 0.201. The van der Waals surface area contributed by atoms with Crippen LogP contribution in [0.3, 0.4) is 0 Å². The van der Waals surface area contributed by atoms with E-state index in [1.807, 2.05) is 6.07 Å². The van der Waals surface area contributed by atoms with E-state index in [1.54, 1.807) is 28.4 Å². The Labute approximate surface area is 165 Å². The first kappa shape index (κ1) is 18.2. The summed E-state index contributed by atoms with van der Waals surface area (Å²) < 4.78 is 22.2. The molecule has 28 heavy (non-hydrogen) atoms. The second-order valence-corrected chi connectivity index (χ2v) is 6.83. The summed E-state index contributed by atoms with van der Waals surface area (Å²) in [5.74, 6) is 3.13. The average molecular weight is 376 g/mol. The second kappa shape index (κ2) is 7.47. The predicted molar refractivity (Wildman–Crippen MR) is 110 cm³/mol. The number of hydrogen-bond acceptors (Lipinski definition) is 4. The molecule has 0 saturated carbocycles. The molecule has 0 fully saturated rings. The highest BCUT2D eigenvalue weighted by molar-refractivity contribution is 5.83. The Hall–Kier alpha value is -3.14. The average Bonchev–Trinajstić information content (AvgIpc) is 3.04. The molecule has 4 nitrogen and oxygen atoms in total. The fraction of sp³-hybridized carbons (Fsp3) is 0.250. The second-order valence-electron chi connectivity index (χ2n) is 6.83. The Kier molecular flexibility index (Phi) is 4.86. The number of hydrogen-bond donors (Lipinski definition) is 0. The van der Waals surface area contributed by atoms with Gasteiger partial charge in [0.1, 0.15) is 0 Å². The third-order valence-electron chi connectivity index (χ3n) is 5.44. The van der Waals surface area contributed by atoms with Crippen molar-refractivity contribution in [2.45, 2.75) is 12.3 Å². The van der Waals surface area contributed by atoms with E-state index >= 15 is 0 Å². The van der Waals surface area contributed by atoms with Crippen LogP contribution in [0.5, 0.6) is 23.0 Å². The zero-order chi connectivity index (χ0) is 19.7. The zero-order valence-corrected chi connectivity index (χ0v) is 16.6. The molecule has 3 aromatic carbocycles. The molecular weight excluding hydrogens is 352 g/mol. The topological polar surface area (TPSA) is 36.9 Å². The Bertz CT molecular complexity index is 934. The van der Waals surface area contributed by atoms with Crippen molar-refractivity contribution in [1.82, 2.24) is 0 Å². The van der Waals surface area contributed by atoms with Gasteiger partial charge in [0.15, 0.2) is 23.0 Å². The Morgan fingerprint density at radius 1 is 0.607 bits per heavy atom. The highest BCUT2D eigenvalue weighted by Crippen LogP contribution is 2.52. The van der Waals surface area contributed by atoms with Gasteiger partial charge in [0.2, 0.25) is 0 Å². The van der Waals surface area contributed by atoms with Crippen molar-refractivity contribution in [3.63, 3.8) is 0 Å². The van der Waals surface area contributed by atoms with Crippen molar-refractivity contribution in [1.29, 1.82) is 0 Å². The minimum Gasteiger partial charge on any atom is -0.493 e. The molecule has 0 unspecified atom stereocenters. The molecule has 1 aliphatic carbocycles. The van der Waals surface area contributed by atoms with Gasteiger partial charge in [-0.05, 0) is 58.5 Å². The van der Waals surface area contributed by atoms with E-state index in [0.29, 0.717) is 0 Å². The molecule has 0 radical (unpaired) electrons. The van der Waals surface area contributed by atoms with Crippen LogP contribution in [0, 0.1) is 0 Å². The smallest absolute Gasteiger partial charge is 0.161 e. The third-order valence-corrected chi connectivity index (χ3v) is 5.44. The lowest BCUT2D eigenvalue weighted by atomic mass is 9.90. The van der Waals surface area contributed by atoms with Gasteiger partial charge in [-0.2, -0.15) is 0 Å². The molecule has 0 amide bonds. The molecule has 0 bridgehead atoms. The quantitative estimate of drug-likeness (QED) is 0.601. The van der Waals surface area contributed by atoms with Crippen molar-refractivity contribution >= 4 is 0 Å². The van der Waals surface area contributed by atoms with Gasteiger partial charge < -0.3 is 18.9 Å². The molecule has 0 aliphatic heterocycles. The molecule has 3 aromatic rings. The van der Waals surface area contributed by atoms with Crippen molar-refractivity contribution in [2.24, 2.45) is 0 Å². The highest BCUT2D eigenvalue weighted by Gasteiger charge is 2.32. The van der Waals surface area contributed by atoms with Crippen LogP contribution in [-0.4, -0.2) is 28.4 Å². The first-order chi connectivity index (χ1) is 13.7. The van der Waals surface area contributed by atoms with E-state index in [0.717, 1.165) is 40.5 Å². The zero-order valence-electron chi connectivity index (χ0n) is 16.6. The number of benzene rings is 3. The summed E-state index contributed by atoms with van der Waals surface area (Å²) in [6.45, 7) is 0. The van der Waals surface area contributed by atoms with Crippen LogP contribution in [0.2, 0.25) is 0 Å². The molecule has 1 aliphatic rings. The first-order valence-electron chi connectivity index (χ1n) is 9.26. The van der Waals surface area contributed by atoms with E-state index in [-0.39, 0.29) is 5.92 Å². The molecule has 0 aromatic heterocycles. The van der Waals surface area contributed by atoms with Crippen molar-refractivity contribution in [3.8, 4) is 34.1 Å². The van der Waals surface area contributed by atoms with Crippen LogP contribution in [0.15, 0.2) is 54.6 Å². The highest BCUT2D eigenvalue weighted by atomic mass is 16.5. The number of rotatable bonds is 6. The summed E-state index contributed by atoms with van der Waals surface area (Å²) in [5, 5.41) is 0. The SMILES string of the molecule is COc1cc2c(cc1OC)C(Cc1ccccc1)c1cc(OC)c(OC)cc1-2. The maximum atomic E-state index is 5.57. The summed E-state index contributed by atoms with van der Waals surface area (Å²) in [4.78, 5) is 0. The van der Waals surface area contributed by atoms with Crippen molar-refractivity contribution in [2.75, 3.05) is 28.4 Å². The van der Waals surface area contributed by atoms with Gasteiger partial charge in [-0.1, -0.05) is 30.3 Å². The summed E-state index contributed by atoms with van der Waals surface area (Å²) >= 11 is 0. The Morgan fingerprint density at radius 2 is 1.04 bits per heavy atom. The van der Waals surface area contributed by atoms with E-state index in [1.165, 1.54) is 16.7 Å². The first-order valence-corrected chi connectivity index (χ1v) is 9.26. The Morgan fingerprint density at radius 3 is 1.46 bits per heavy atom. The normalized spacial score (nSPS) is 12.3. The number of fused-ring (bicyclic) bond motifs is 3. The van der Waals surface area contributed by atoms with Gasteiger partial charge >= 0.3 is 0 Å². The maximum Gasteiger partial charge on any atom is 0.161 e. The fourth-order valence-corrected chi connectivity index (χ4v) is 4.07. The summed E-state index contributed by atoms with van der Waals surface area (Å²) in [7, 11) is 6.67. The lowest BCUT2D eigenvalue weighted by Gasteiger charge is -2.16. The molecule has 0 N–H and O–H groups in total. The van der Waals surface area contributed by atoms with Crippen molar-refractivity contribution < 1.29 is 18.9 Å². The van der Waals surface area contributed by atoms with Gasteiger partial charge in [-0.25, -0.2) is 0 Å². The molecule has 0 atom stereocenters. The lowest BCUT2D eigenvalue weighted by Crippen LogP contribution is -2.03. The molecule has 0 spiro atoms. The van der Waals surface area contributed by atoms with Crippen LogP contribution in [0.25, 0.3) is 11.1 Å². The Balaban J connectivity index is 1.92. The molecular formula is C24H24O4. The standard InChI is InChI=1S/C24H24O4/c1-25-21-11-17-16(10-15-8-6-5-7-9-15)18-12-22(26-2)24(28-4)14-20(18)19(17)13-23(21)27-3/h5-9,11-14,16H,10H2,1-4H3. The van der Waals surface area contributed by atoms with E-state index < -0.39 is 0 Å². The molecule has 0 heterocycles. The largest absolute Gasteiger partial charge is 0.493 e. The third kappa shape index (κ3) is 2.95. The van der Waals surface area contributed by atoms with Gasteiger partial charge in [0.25, 0.3) is 0 Å². The van der Waals surface area contributed by atoms with Crippen molar-refractivity contribution in [3.05, 3.63) is 71.3 Å². The van der Waals surface area contributed by atoms with E-state index in [9.17, 15) is 0 Å². The summed E-state index contributed by atoms with van der Waals surface area (Å²) in [6, 6.07) is 18.8. The van der Waals surface area contributed by atoms with Gasteiger partial charge in [-0.15, -0.1) is 0 Å².